The van der Waals surface area contributed by atoms with Gasteiger partial charge in [-0.05, 0) is 26.5 Å². The van der Waals surface area contributed by atoms with Crippen LogP contribution < -0.4 is 0 Å². The molecule has 1 aromatic rings. The molecule has 4 nitrogen and oxygen atoms in total. The fraction of sp³-hybridized carbons (Fsp3) is 0.700. The molecule has 0 aromatic carbocycles. The Labute approximate surface area is 84.3 Å². The quantitative estimate of drug-likeness (QED) is 0.723. The Morgan fingerprint density at radius 1 is 1.64 bits per heavy atom. The Balaban J connectivity index is 2.27. The van der Waals surface area contributed by atoms with Crippen molar-refractivity contribution < 1.29 is 4.74 Å². The second-order valence-corrected chi connectivity index (χ2v) is 4.25. The minimum absolute atomic E-state index is 0.229. The van der Waals surface area contributed by atoms with Crippen molar-refractivity contribution in [2.24, 2.45) is 0 Å². The molecule has 0 amide bonds. The molecule has 1 atom stereocenters. The van der Waals surface area contributed by atoms with E-state index in [1.54, 1.807) is 0 Å². The summed E-state index contributed by atoms with van der Waals surface area (Å²) in [6.07, 6.45) is 1.85. The third kappa shape index (κ3) is 1.55. The summed E-state index contributed by atoms with van der Waals surface area (Å²) in [6, 6.07) is 0. The van der Waals surface area contributed by atoms with Gasteiger partial charge in [0, 0.05) is 13.1 Å². The van der Waals surface area contributed by atoms with Crippen molar-refractivity contribution in [2.45, 2.75) is 19.4 Å². The normalized spacial score (nSPS) is 29.4. The summed E-state index contributed by atoms with van der Waals surface area (Å²) < 4.78 is 5.85. The second-order valence-electron chi connectivity index (χ2n) is 4.25. The van der Waals surface area contributed by atoms with Gasteiger partial charge in [0.15, 0.2) is 0 Å². The molecule has 1 aliphatic rings. The van der Waals surface area contributed by atoms with Crippen LogP contribution in [0.25, 0.3) is 0 Å². The van der Waals surface area contributed by atoms with Gasteiger partial charge in [0.05, 0.1) is 18.5 Å². The van der Waals surface area contributed by atoms with Gasteiger partial charge in [-0.3, -0.25) is 5.10 Å². The van der Waals surface area contributed by atoms with E-state index in [1.165, 1.54) is 5.56 Å². The Morgan fingerprint density at radius 3 is 3.00 bits per heavy atom. The van der Waals surface area contributed by atoms with Gasteiger partial charge in [0.2, 0.25) is 0 Å². The molecule has 2 heterocycles. The van der Waals surface area contributed by atoms with Crippen LogP contribution >= 0.6 is 0 Å². The predicted molar refractivity (Wildman–Crippen MR) is 54.1 cm³/mol. The van der Waals surface area contributed by atoms with Crippen molar-refractivity contribution in [1.82, 2.24) is 15.1 Å². The van der Waals surface area contributed by atoms with Crippen LogP contribution in [0.2, 0.25) is 0 Å². The van der Waals surface area contributed by atoms with Crippen LogP contribution in [0.1, 0.15) is 18.2 Å². The maximum Gasteiger partial charge on any atom is 0.119 e. The number of nitrogens with one attached hydrogen (secondary N) is 1. The smallest absolute Gasteiger partial charge is 0.119 e. The van der Waals surface area contributed by atoms with Crippen molar-refractivity contribution in [3.05, 3.63) is 17.5 Å². The number of morpholine rings is 1. The van der Waals surface area contributed by atoms with Gasteiger partial charge in [-0.25, -0.2) is 0 Å². The van der Waals surface area contributed by atoms with E-state index in [1.807, 2.05) is 6.20 Å². The number of aromatic amines is 1. The topological polar surface area (TPSA) is 41.2 Å². The van der Waals surface area contributed by atoms with Crippen LogP contribution in [0.4, 0.5) is 0 Å². The molecular weight excluding hydrogens is 178 g/mol. The fourth-order valence-electron chi connectivity index (χ4n) is 2.10. The van der Waals surface area contributed by atoms with Crippen molar-refractivity contribution in [1.29, 1.82) is 0 Å². The molecule has 1 saturated heterocycles. The molecule has 2 rings (SSSR count). The first-order valence-electron chi connectivity index (χ1n) is 4.95. The van der Waals surface area contributed by atoms with Crippen LogP contribution in [0, 0.1) is 6.92 Å². The fourth-order valence-corrected chi connectivity index (χ4v) is 2.10. The lowest BCUT2D eigenvalue weighted by Gasteiger charge is -2.38. The van der Waals surface area contributed by atoms with Crippen LogP contribution in [0.15, 0.2) is 6.20 Å². The average molecular weight is 195 g/mol. The molecular formula is C10H17N3O. The molecule has 1 aromatic heterocycles. The third-order valence-electron chi connectivity index (χ3n) is 2.82. The Kier molecular flexibility index (Phi) is 2.33. The molecule has 4 heteroatoms. The summed E-state index contributed by atoms with van der Waals surface area (Å²) in [7, 11) is 2.12. The predicted octanol–water partition coefficient (Wildman–Crippen LogP) is 0.895. The first-order chi connectivity index (χ1) is 6.62. The summed E-state index contributed by atoms with van der Waals surface area (Å²) in [4.78, 5) is 2.28. The van der Waals surface area contributed by atoms with Gasteiger partial charge >= 0.3 is 0 Å². The standard InChI is InChI=1S/C10H17N3O/c1-8-6-11-12-9(8)10(2)7-13(3)4-5-14-10/h6H,4-5,7H2,1-3H3,(H,11,12). The highest BCUT2D eigenvalue weighted by atomic mass is 16.5. The monoisotopic (exact) mass is 195 g/mol. The summed E-state index contributed by atoms with van der Waals surface area (Å²) >= 11 is 0. The van der Waals surface area contributed by atoms with Gasteiger partial charge in [-0.2, -0.15) is 5.10 Å². The van der Waals surface area contributed by atoms with E-state index >= 15 is 0 Å². The van der Waals surface area contributed by atoms with Crippen molar-refractivity contribution >= 4 is 0 Å². The molecule has 0 aliphatic carbocycles. The Hall–Kier alpha value is -0.870. The molecule has 14 heavy (non-hydrogen) atoms. The van der Waals surface area contributed by atoms with E-state index in [9.17, 15) is 0 Å². The first-order valence-corrected chi connectivity index (χ1v) is 4.95. The third-order valence-corrected chi connectivity index (χ3v) is 2.82. The van der Waals surface area contributed by atoms with E-state index in [4.69, 9.17) is 4.74 Å². The number of H-pyrrole nitrogens is 1. The minimum atomic E-state index is -0.229. The minimum Gasteiger partial charge on any atom is -0.366 e. The van der Waals surface area contributed by atoms with Crippen LogP contribution in [0.3, 0.4) is 0 Å². The van der Waals surface area contributed by atoms with E-state index < -0.39 is 0 Å². The molecule has 0 spiro atoms. The van der Waals surface area contributed by atoms with E-state index in [0.29, 0.717) is 0 Å². The number of rotatable bonds is 1. The summed E-state index contributed by atoms with van der Waals surface area (Å²) in [5.41, 5.74) is 2.04. The van der Waals surface area contributed by atoms with Gasteiger partial charge in [-0.1, -0.05) is 0 Å². The number of hydrogen-bond acceptors (Lipinski definition) is 3. The summed E-state index contributed by atoms with van der Waals surface area (Å²) in [6.45, 7) is 6.87. The van der Waals surface area contributed by atoms with E-state index in [-0.39, 0.29) is 5.60 Å². The number of aryl methyl sites for hydroxylation is 1. The number of aromatic nitrogens is 2. The maximum absolute atomic E-state index is 5.85. The Bertz CT molecular complexity index is 323. The zero-order valence-electron chi connectivity index (χ0n) is 9.00. The largest absolute Gasteiger partial charge is 0.366 e. The van der Waals surface area contributed by atoms with E-state index in [2.05, 4.69) is 36.0 Å². The molecule has 1 unspecified atom stereocenters. The number of likely N-dealkylation sites (N-methyl/N-ethyl adjacent to an activating group) is 1. The highest BCUT2D eigenvalue weighted by molar-refractivity contribution is 5.21. The molecule has 78 valence electrons. The SMILES string of the molecule is Cc1cn[nH]c1C1(C)CN(C)CCO1. The Morgan fingerprint density at radius 2 is 2.43 bits per heavy atom. The molecule has 0 bridgehead atoms. The van der Waals surface area contributed by atoms with Crippen molar-refractivity contribution in [3.8, 4) is 0 Å². The molecule has 1 fully saturated rings. The van der Waals surface area contributed by atoms with Gasteiger partial charge < -0.3 is 9.64 Å². The average Bonchev–Trinajstić information content (AvgIpc) is 2.51. The lowest BCUT2D eigenvalue weighted by molar-refractivity contribution is -0.0991. The number of hydrogen-bond donors (Lipinski definition) is 1. The van der Waals surface area contributed by atoms with E-state index in [0.717, 1.165) is 25.4 Å². The lowest BCUT2D eigenvalue weighted by atomic mass is 9.97. The maximum atomic E-state index is 5.85. The number of ether oxygens (including phenoxy) is 1. The van der Waals surface area contributed by atoms with Crippen LogP contribution in [-0.2, 0) is 10.3 Å². The van der Waals surface area contributed by atoms with Crippen LogP contribution in [-0.4, -0.2) is 41.8 Å². The molecule has 0 saturated carbocycles. The number of nitrogens with zero attached hydrogens (tertiary/aromatic N) is 2. The summed E-state index contributed by atoms with van der Waals surface area (Å²) in [5.74, 6) is 0. The summed E-state index contributed by atoms with van der Waals surface area (Å²) in [5, 5.41) is 7.08. The second kappa shape index (κ2) is 3.37. The van der Waals surface area contributed by atoms with Gasteiger partial charge in [0.25, 0.3) is 0 Å². The van der Waals surface area contributed by atoms with Crippen LogP contribution in [0.5, 0.6) is 0 Å². The lowest BCUT2D eigenvalue weighted by Crippen LogP contribution is -2.46. The highest BCUT2D eigenvalue weighted by Crippen LogP contribution is 2.29. The zero-order valence-corrected chi connectivity index (χ0v) is 9.00. The van der Waals surface area contributed by atoms with Crippen molar-refractivity contribution in [3.63, 3.8) is 0 Å². The van der Waals surface area contributed by atoms with Gasteiger partial charge in [0.1, 0.15) is 5.60 Å². The molecule has 1 N–H and O–H groups in total. The van der Waals surface area contributed by atoms with Crippen molar-refractivity contribution in [2.75, 3.05) is 26.7 Å². The first kappa shape index (κ1) is 9.68. The highest BCUT2D eigenvalue weighted by Gasteiger charge is 2.34. The van der Waals surface area contributed by atoms with Gasteiger partial charge in [-0.15, -0.1) is 0 Å². The molecule has 1 aliphatic heterocycles. The zero-order chi connectivity index (χ0) is 10.2. The molecule has 0 radical (unpaired) electrons.